The second-order valence-electron chi connectivity index (χ2n) is 6.34. The van der Waals surface area contributed by atoms with Crippen LogP contribution < -0.4 is 10.5 Å². The zero-order valence-corrected chi connectivity index (χ0v) is 11.2. The first-order chi connectivity index (χ1) is 9.31. The summed E-state index contributed by atoms with van der Waals surface area (Å²) in [7, 11) is 0. The number of benzene rings is 1. The first-order valence-corrected chi connectivity index (χ1v) is 7.38. The van der Waals surface area contributed by atoms with Crippen molar-refractivity contribution in [2.75, 3.05) is 13.2 Å². The molecule has 2 bridgehead atoms. The van der Waals surface area contributed by atoms with Gasteiger partial charge < -0.3 is 15.2 Å². The van der Waals surface area contributed by atoms with Gasteiger partial charge in [0, 0.05) is 23.4 Å². The number of hydrogen-bond acceptors (Lipinski definition) is 3. The van der Waals surface area contributed by atoms with Crippen LogP contribution in [0.1, 0.15) is 37.2 Å². The summed E-state index contributed by atoms with van der Waals surface area (Å²) in [6.45, 7) is 1.55. The lowest BCUT2D eigenvalue weighted by Crippen LogP contribution is -2.41. The summed E-state index contributed by atoms with van der Waals surface area (Å²) in [5.41, 5.74) is 7.68. The van der Waals surface area contributed by atoms with Gasteiger partial charge in [0.15, 0.2) is 0 Å². The topological polar surface area (TPSA) is 44.5 Å². The standard InChI is InChI=1S/C16H21NO2/c17-10-16(8-12-5-6-15(16)19-12)7-11-9-18-14-4-2-1-3-13(11)14/h1-4,11-12,15H,5-10,17H2. The number of nitrogens with two attached hydrogens (primary N) is 1. The Kier molecular flexibility index (Phi) is 2.61. The van der Waals surface area contributed by atoms with Gasteiger partial charge in [-0.1, -0.05) is 18.2 Å². The van der Waals surface area contributed by atoms with Crippen molar-refractivity contribution >= 4 is 0 Å². The number of fused-ring (bicyclic) bond motifs is 3. The van der Waals surface area contributed by atoms with Gasteiger partial charge in [0.2, 0.25) is 0 Å². The summed E-state index contributed by atoms with van der Waals surface area (Å²) in [6, 6.07) is 8.42. The molecule has 4 atom stereocenters. The van der Waals surface area contributed by atoms with Crippen LogP contribution in [0.2, 0.25) is 0 Å². The zero-order chi connectivity index (χ0) is 12.9. The Morgan fingerprint density at radius 3 is 2.89 bits per heavy atom. The number of hydrogen-bond donors (Lipinski definition) is 1. The summed E-state index contributed by atoms with van der Waals surface area (Å²) in [5.74, 6) is 1.55. The largest absolute Gasteiger partial charge is 0.493 e. The average molecular weight is 259 g/mol. The van der Waals surface area contributed by atoms with Crippen molar-refractivity contribution in [3.05, 3.63) is 29.8 Å². The lowest BCUT2D eigenvalue weighted by Gasteiger charge is -2.36. The number of rotatable bonds is 3. The van der Waals surface area contributed by atoms with Crippen molar-refractivity contribution in [1.29, 1.82) is 0 Å². The molecular weight excluding hydrogens is 238 g/mol. The van der Waals surface area contributed by atoms with E-state index in [1.54, 1.807) is 0 Å². The molecule has 0 aliphatic carbocycles. The van der Waals surface area contributed by atoms with Gasteiger partial charge in [0.1, 0.15) is 5.75 Å². The predicted octanol–water partition coefficient (Wildman–Crippen LogP) is 2.45. The fourth-order valence-corrected chi connectivity index (χ4v) is 4.29. The highest BCUT2D eigenvalue weighted by Gasteiger charge is 2.52. The Morgan fingerprint density at radius 1 is 1.26 bits per heavy atom. The van der Waals surface area contributed by atoms with Crippen molar-refractivity contribution in [2.24, 2.45) is 11.1 Å². The summed E-state index contributed by atoms with van der Waals surface area (Å²) in [5, 5.41) is 0. The fraction of sp³-hybridized carbons (Fsp3) is 0.625. The zero-order valence-electron chi connectivity index (χ0n) is 11.2. The van der Waals surface area contributed by atoms with Crippen LogP contribution in [0.3, 0.4) is 0 Å². The highest BCUT2D eigenvalue weighted by atomic mass is 16.5. The van der Waals surface area contributed by atoms with Crippen LogP contribution in [-0.4, -0.2) is 25.4 Å². The lowest BCUT2D eigenvalue weighted by atomic mass is 9.68. The molecular formula is C16H21NO2. The normalized spacial score (nSPS) is 39.3. The number of ether oxygens (including phenoxy) is 2. The van der Waals surface area contributed by atoms with Gasteiger partial charge in [-0.25, -0.2) is 0 Å². The molecule has 0 spiro atoms. The third-order valence-corrected chi connectivity index (χ3v) is 5.28. The van der Waals surface area contributed by atoms with Crippen LogP contribution in [0.25, 0.3) is 0 Å². The van der Waals surface area contributed by atoms with Crippen molar-refractivity contribution in [3.63, 3.8) is 0 Å². The third kappa shape index (κ3) is 1.72. The van der Waals surface area contributed by atoms with Gasteiger partial charge >= 0.3 is 0 Å². The number of para-hydroxylation sites is 1. The van der Waals surface area contributed by atoms with Crippen LogP contribution in [0, 0.1) is 5.41 Å². The minimum atomic E-state index is 0.189. The maximum atomic E-state index is 6.13. The van der Waals surface area contributed by atoms with E-state index in [0.29, 0.717) is 18.1 Å². The second-order valence-corrected chi connectivity index (χ2v) is 6.34. The van der Waals surface area contributed by atoms with E-state index < -0.39 is 0 Å². The molecule has 2 fully saturated rings. The average Bonchev–Trinajstić information content (AvgIpc) is 3.14. The quantitative estimate of drug-likeness (QED) is 0.907. The molecule has 2 N–H and O–H groups in total. The lowest BCUT2D eigenvalue weighted by molar-refractivity contribution is 0.0554. The van der Waals surface area contributed by atoms with Crippen LogP contribution in [0.15, 0.2) is 24.3 Å². The van der Waals surface area contributed by atoms with Crippen molar-refractivity contribution in [2.45, 2.75) is 43.8 Å². The van der Waals surface area contributed by atoms with Crippen molar-refractivity contribution in [1.82, 2.24) is 0 Å². The Bertz CT molecular complexity index is 489. The first kappa shape index (κ1) is 11.7. The van der Waals surface area contributed by atoms with Gasteiger partial charge in [0.05, 0.1) is 18.8 Å². The van der Waals surface area contributed by atoms with Gasteiger partial charge in [-0.2, -0.15) is 0 Å². The molecule has 4 rings (SSSR count). The first-order valence-electron chi connectivity index (χ1n) is 7.38. The minimum Gasteiger partial charge on any atom is -0.493 e. The van der Waals surface area contributed by atoms with E-state index in [2.05, 4.69) is 18.2 Å². The maximum Gasteiger partial charge on any atom is 0.122 e. The molecule has 0 saturated carbocycles. The van der Waals surface area contributed by atoms with Crippen LogP contribution in [0.5, 0.6) is 5.75 Å². The van der Waals surface area contributed by atoms with Gasteiger partial charge in [-0.3, -0.25) is 0 Å². The van der Waals surface area contributed by atoms with E-state index >= 15 is 0 Å². The molecule has 3 heteroatoms. The minimum absolute atomic E-state index is 0.189. The van der Waals surface area contributed by atoms with Crippen LogP contribution >= 0.6 is 0 Å². The van der Waals surface area contributed by atoms with E-state index in [1.807, 2.05) is 6.07 Å². The molecule has 4 unspecified atom stereocenters. The van der Waals surface area contributed by atoms with Gasteiger partial charge in [-0.15, -0.1) is 0 Å². The van der Waals surface area contributed by atoms with Gasteiger partial charge in [0.25, 0.3) is 0 Å². The molecule has 0 radical (unpaired) electrons. The molecule has 19 heavy (non-hydrogen) atoms. The Morgan fingerprint density at radius 2 is 2.16 bits per heavy atom. The Hall–Kier alpha value is -1.06. The van der Waals surface area contributed by atoms with E-state index in [-0.39, 0.29) is 5.41 Å². The molecule has 0 amide bonds. The van der Waals surface area contributed by atoms with E-state index in [4.69, 9.17) is 15.2 Å². The van der Waals surface area contributed by atoms with E-state index in [9.17, 15) is 0 Å². The monoisotopic (exact) mass is 259 g/mol. The summed E-state index contributed by atoms with van der Waals surface area (Å²) < 4.78 is 11.9. The predicted molar refractivity (Wildman–Crippen MR) is 73.3 cm³/mol. The van der Waals surface area contributed by atoms with Crippen molar-refractivity contribution < 1.29 is 9.47 Å². The summed E-state index contributed by atoms with van der Waals surface area (Å²) in [6.07, 6.45) is 5.52. The molecule has 3 aliphatic heterocycles. The van der Waals surface area contributed by atoms with Crippen molar-refractivity contribution in [3.8, 4) is 5.75 Å². The molecule has 0 aromatic heterocycles. The molecule has 1 aromatic carbocycles. The summed E-state index contributed by atoms with van der Waals surface area (Å²) >= 11 is 0. The maximum absolute atomic E-state index is 6.13. The fourth-order valence-electron chi connectivity index (χ4n) is 4.29. The second kappa shape index (κ2) is 4.22. The van der Waals surface area contributed by atoms with E-state index in [0.717, 1.165) is 31.7 Å². The SMILES string of the molecule is NCC1(CC2COc3ccccc32)CC2CCC1O2. The highest BCUT2D eigenvalue weighted by Crippen LogP contribution is 2.53. The van der Waals surface area contributed by atoms with Gasteiger partial charge in [-0.05, 0) is 31.7 Å². The molecule has 102 valence electrons. The van der Waals surface area contributed by atoms with Crippen LogP contribution in [0.4, 0.5) is 0 Å². The smallest absolute Gasteiger partial charge is 0.122 e. The molecule has 3 heterocycles. The summed E-state index contributed by atoms with van der Waals surface area (Å²) in [4.78, 5) is 0. The molecule has 3 aliphatic rings. The highest BCUT2D eigenvalue weighted by molar-refractivity contribution is 5.39. The molecule has 2 saturated heterocycles. The molecule has 1 aromatic rings. The Labute approximate surface area is 114 Å². The van der Waals surface area contributed by atoms with E-state index in [1.165, 1.54) is 18.4 Å². The Balaban J connectivity index is 1.59. The van der Waals surface area contributed by atoms with Crippen LogP contribution in [-0.2, 0) is 4.74 Å². The molecule has 3 nitrogen and oxygen atoms in total. The third-order valence-electron chi connectivity index (χ3n) is 5.28.